The third kappa shape index (κ3) is 4.13. The fourth-order valence-corrected chi connectivity index (χ4v) is 5.57. The van der Waals surface area contributed by atoms with Gasteiger partial charge in [0, 0.05) is 36.8 Å². The van der Waals surface area contributed by atoms with Crippen molar-refractivity contribution < 1.29 is 8.42 Å². The number of sulfonamides is 1. The van der Waals surface area contributed by atoms with Gasteiger partial charge in [-0.1, -0.05) is 47.5 Å². The topological polar surface area (TPSA) is 84.2 Å². The minimum absolute atomic E-state index is 0.0947. The first-order valence-corrected chi connectivity index (χ1v) is 13.2. The lowest BCUT2D eigenvalue weighted by atomic mass is 10.1. The smallest absolute Gasteiger partial charge is 0.213 e. The zero-order valence-electron chi connectivity index (χ0n) is 18.4. The van der Waals surface area contributed by atoms with Crippen LogP contribution < -0.4 is 4.90 Å². The van der Waals surface area contributed by atoms with Crippen LogP contribution in [0.15, 0.2) is 54.9 Å². The van der Waals surface area contributed by atoms with E-state index in [0.717, 1.165) is 16.9 Å². The number of fused-ring (bicyclic) bond motifs is 1. The van der Waals surface area contributed by atoms with E-state index in [1.165, 1.54) is 10.6 Å². The summed E-state index contributed by atoms with van der Waals surface area (Å²) in [6, 6.07) is 15.0. The van der Waals surface area contributed by atoms with Crippen LogP contribution >= 0.6 is 23.2 Å². The number of rotatable bonds is 5. The average molecular weight is 517 g/mol. The van der Waals surface area contributed by atoms with Crippen LogP contribution in [0.1, 0.15) is 6.92 Å². The van der Waals surface area contributed by atoms with Crippen molar-refractivity contribution in [1.82, 2.24) is 24.1 Å². The summed E-state index contributed by atoms with van der Waals surface area (Å²) in [5.74, 6) is 0.761. The number of para-hydroxylation sites is 1. The summed E-state index contributed by atoms with van der Waals surface area (Å²) in [6.45, 7) is 3.49. The highest BCUT2D eigenvalue weighted by Gasteiger charge is 2.28. The molecule has 0 spiro atoms. The Kier molecular flexibility index (Phi) is 6.20. The van der Waals surface area contributed by atoms with Crippen molar-refractivity contribution in [2.45, 2.75) is 6.92 Å². The Bertz CT molecular complexity index is 1450. The molecule has 1 saturated heterocycles. The molecule has 34 heavy (non-hydrogen) atoms. The number of hydrogen-bond acceptors (Lipinski definition) is 6. The van der Waals surface area contributed by atoms with Gasteiger partial charge in [0.25, 0.3) is 0 Å². The molecule has 0 aliphatic carbocycles. The molecule has 0 amide bonds. The first-order valence-electron chi connectivity index (χ1n) is 10.9. The van der Waals surface area contributed by atoms with Gasteiger partial charge in [0.15, 0.2) is 11.3 Å². The maximum Gasteiger partial charge on any atom is 0.213 e. The second-order valence-electron chi connectivity index (χ2n) is 7.90. The van der Waals surface area contributed by atoms with E-state index in [-0.39, 0.29) is 5.75 Å². The largest absolute Gasteiger partial charge is 0.352 e. The molecule has 176 valence electrons. The SMILES string of the molecule is CCS(=O)(=O)N1CCN(c2ncnc3c(-c4ccc(Cl)cc4)n(-c4ccccc4Cl)nc23)CC1. The van der Waals surface area contributed by atoms with Gasteiger partial charge in [0.05, 0.1) is 16.5 Å². The van der Waals surface area contributed by atoms with Crippen molar-refractivity contribution >= 4 is 50.1 Å². The summed E-state index contributed by atoms with van der Waals surface area (Å²) in [5, 5.41) is 6.09. The van der Waals surface area contributed by atoms with Gasteiger partial charge in [-0.3, -0.25) is 0 Å². The molecule has 0 N–H and O–H groups in total. The van der Waals surface area contributed by atoms with Crippen LogP contribution in [0.5, 0.6) is 0 Å². The Morgan fingerprint density at radius 2 is 1.62 bits per heavy atom. The monoisotopic (exact) mass is 516 g/mol. The van der Waals surface area contributed by atoms with Gasteiger partial charge < -0.3 is 4.90 Å². The zero-order valence-corrected chi connectivity index (χ0v) is 20.7. The molecule has 1 aliphatic heterocycles. The van der Waals surface area contributed by atoms with E-state index in [9.17, 15) is 8.42 Å². The van der Waals surface area contributed by atoms with E-state index < -0.39 is 10.0 Å². The molecule has 0 saturated carbocycles. The molecule has 3 heterocycles. The molecule has 1 fully saturated rings. The van der Waals surface area contributed by atoms with Gasteiger partial charge >= 0.3 is 0 Å². The van der Waals surface area contributed by atoms with Crippen LogP contribution in [0.4, 0.5) is 5.82 Å². The number of hydrogen-bond donors (Lipinski definition) is 0. The standard InChI is InChI=1S/C23H22Cl2N6O2S/c1-2-34(32,33)30-13-11-29(12-14-30)23-21-20(26-15-27-23)22(16-7-9-17(24)10-8-16)31(28-21)19-6-4-3-5-18(19)25/h3-10,15H,2,11-14H2,1H3. The predicted octanol–water partition coefficient (Wildman–Crippen LogP) is 4.26. The van der Waals surface area contributed by atoms with Gasteiger partial charge in [-0.15, -0.1) is 0 Å². The molecule has 8 nitrogen and oxygen atoms in total. The van der Waals surface area contributed by atoms with Crippen molar-refractivity contribution in [3.8, 4) is 16.9 Å². The second kappa shape index (κ2) is 9.14. The summed E-state index contributed by atoms with van der Waals surface area (Å²) < 4.78 is 27.9. The summed E-state index contributed by atoms with van der Waals surface area (Å²) in [5.41, 5.74) is 3.68. The van der Waals surface area contributed by atoms with Crippen LogP contribution in [0, 0.1) is 0 Å². The highest BCUT2D eigenvalue weighted by molar-refractivity contribution is 7.89. The van der Waals surface area contributed by atoms with Crippen molar-refractivity contribution in [3.05, 3.63) is 64.9 Å². The maximum atomic E-state index is 12.3. The fraction of sp³-hybridized carbons (Fsp3) is 0.261. The number of benzene rings is 2. The van der Waals surface area contributed by atoms with Gasteiger partial charge in [-0.25, -0.2) is 23.1 Å². The Balaban J connectivity index is 1.64. The lowest BCUT2D eigenvalue weighted by Gasteiger charge is -2.34. The fourth-order valence-electron chi connectivity index (χ4n) is 4.14. The molecule has 0 bridgehead atoms. The van der Waals surface area contributed by atoms with E-state index >= 15 is 0 Å². The molecule has 11 heteroatoms. The first kappa shape index (κ1) is 23.0. The van der Waals surface area contributed by atoms with Gasteiger partial charge in [-0.05, 0) is 31.2 Å². The molecule has 0 unspecified atom stereocenters. The predicted molar refractivity (Wildman–Crippen MR) is 135 cm³/mol. The molecule has 5 rings (SSSR count). The van der Waals surface area contributed by atoms with Crippen molar-refractivity contribution in [3.63, 3.8) is 0 Å². The van der Waals surface area contributed by atoms with Crippen molar-refractivity contribution in [1.29, 1.82) is 0 Å². The molecular formula is C23H22Cl2N6O2S. The summed E-state index contributed by atoms with van der Waals surface area (Å²) in [6.07, 6.45) is 1.52. The molecular weight excluding hydrogens is 495 g/mol. The number of aromatic nitrogens is 4. The molecule has 4 aromatic rings. The van der Waals surface area contributed by atoms with Crippen LogP contribution in [-0.4, -0.2) is 64.4 Å². The Labute approximate surface area is 207 Å². The normalized spacial score (nSPS) is 15.2. The first-order chi connectivity index (χ1) is 16.4. The van der Waals surface area contributed by atoms with E-state index in [1.54, 1.807) is 11.6 Å². The summed E-state index contributed by atoms with van der Waals surface area (Å²) >= 11 is 12.7. The van der Waals surface area contributed by atoms with Crippen molar-refractivity contribution in [2.75, 3.05) is 36.8 Å². The Morgan fingerprint density at radius 3 is 2.29 bits per heavy atom. The Morgan fingerprint density at radius 1 is 0.912 bits per heavy atom. The minimum Gasteiger partial charge on any atom is -0.352 e. The van der Waals surface area contributed by atoms with E-state index in [4.69, 9.17) is 28.3 Å². The number of nitrogens with zero attached hydrogens (tertiary/aromatic N) is 6. The zero-order chi connectivity index (χ0) is 23.9. The second-order valence-corrected chi connectivity index (χ2v) is 11.0. The molecule has 2 aromatic heterocycles. The van der Waals surface area contributed by atoms with E-state index in [0.29, 0.717) is 53.1 Å². The highest BCUT2D eigenvalue weighted by atomic mass is 35.5. The van der Waals surface area contributed by atoms with Crippen LogP contribution in [-0.2, 0) is 10.0 Å². The van der Waals surface area contributed by atoms with Crippen LogP contribution in [0.2, 0.25) is 10.0 Å². The van der Waals surface area contributed by atoms with Gasteiger partial charge in [0.2, 0.25) is 10.0 Å². The maximum absolute atomic E-state index is 12.3. The van der Waals surface area contributed by atoms with Gasteiger partial charge in [-0.2, -0.15) is 9.40 Å². The molecule has 0 radical (unpaired) electrons. The third-order valence-electron chi connectivity index (χ3n) is 5.93. The highest BCUT2D eigenvalue weighted by Crippen LogP contribution is 2.35. The Hall–Kier alpha value is -2.72. The van der Waals surface area contributed by atoms with E-state index in [2.05, 4.69) is 14.9 Å². The lowest BCUT2D eigenvalue weighted by Crippen LogP contribution is -2.49. The number of halogens is 2. The lowest BCUT2D eigenvalue weighted by molar-refractivity contribution is 0.385. The number of anilines is 1. The number of piperazine rings is 1. The van der Waals surface area contributed by atoms with Gasteiger partial charge in [0.1, 0.15) is 17.5 Å². The van der Waals surface area contributed by atoms with E-state index in [1.807, 2.05) is 48.5 Å². The summed E-state index contributed by atoms with van der Waals surface area (Å²) in [4.78, 5) is 11.2. The van der Waals surface area contributed by atoms with Crippen LogP contribution in [0.3, 0.4) is 0 Å². The molecule has 2 aromatic carbocycles. The minimum atomic E-state index is -3.22. The summed E-state index contributed by atoms with van der Waals surface area (Å²) in [7, 11) is -3.22. The molecule has 0 atom stereocenters. The average Bonchev–Trinajstić information content (AvgIpc) is 3.24. The van der Waals surface area contributed by atoms with Crippen LogP contribution in [0.25, 0.3) is 28.0 Å². The quantitative estimate of drug-likeness (QED) is 0.394. The van der Waals surface area contributed by atoms with Crippen molar-refractivity contribution in [2.24, 2.45) is 0 Å². The molecule has 1 aliphatic rings. The third-order valence-corrected chi connectivity index (χ3v) is 8.39.